The molecule has 0 amide bonds. The molecule has 19 heavy (non-hydrogen) atoms. The monoisotopic (exact) mass is 264 g/mol. The van der Waals surface area contributed by atoms with Gasteiger partial charge in [0.1, 0.15) is 0 Å². The number of hydrogen-bond donors (Lipinski definition) is 1. The van der Waals surface area contributed by atoms with Gasteiger partial charge in [-0.15, -0.1) is 0 Å². The van der Waals surface area contributed by atoms with Gasteiger partial charge in [-0.3, -0.25) is 0 Å². The first-order valence-electron chi connectivity index (χ1n) is 7.66. The summed E-state index contributed by atoms with van der Waals surface area (Å²) in [6.45, 7) is 12.5. The van der Waals surface area contributed by atoms with E-state index in [4.69, 9.17) is 0 Å². The van der Waals surface area contributed by atoms with Crippen LogP contribution in [-0.4, -0.2) is 40.6 Å². The normalized spacial score (nSPS) is 18.1. The lowest BCUT2D eigenvalue weighted by Crippen LogP contribution is -2.35. The van der Waals surface area contributed by atoms with Gasteiger partial charge in [0, 0.05) is 25.5 Å². The molecule has 2 heterocycles. The van der Waals surface area contributed by atoms with Crippen LogP contribution in [0.5, 0.6) is 0 Å². The Morgan fingerprint density at radius 3 is 2.74 bits per heavy atom. The summed E-state index contributed by atoms with van der Waals surface area (Å²) < 4.78 is 2.23. The second-order valence-corrected chi connectivity index (χ2v) is 6.06. The zero-order valence-electron chi connectivity index (χ0n) is 12.6. The number of nitrogens with one attached hydrogen (secondary N) is 1. The van der Waals surface area contributed by atoms with Crippen molar-refractivity contribution in [3.8, 4) is 0 Å². The Labute approximate surface area is 117 Å². The summed E-state index contributed by atoms with van der Waals surface area (Å²) in [6.07, 6.45) is 6.59. The fourth-order valence-electron chi connectivity index (χ4n) is 2.76. The molecule has 108 valence electrons. The molecule has 1 aromatic heterocycles. The van der Waals surface area contributed by atoms with Crippen LogP contribution >= 0.6 is 0 Å². The highest BCUT2D eigenvalue weighted by Gasteiger charge is 2.18. The number of nitrogens with zero attached hydrogens (tertiary/aromatic N) is 3. The Balaban J connectivity index is 1.78. The van der Waals surface area contributed by atoms with Gasteiger partial charge in [0.25, 0.3) is 0 Å². The van der Waals surface area contributed by atoms with E-state index in [1.165, 1.54) is 32.5 Å². The number of anilines is 1. The Morgan fingerprint density at radius 2 is 2.11 bits per heavy atom. The van der Waals surface area contributed by atoms with Crippen LogP contribution in [0.3, 0.4) is 0 Å². The van der Waals surface area contributed by atoms with Gasteiger partial charge in [-0.2, -0.15) is 0 Å². The lowest BCUT2D eigenvalue weighted by Gasteiger charge is -2.31. The summed E-state index contributed by atoms with van der Waals surface area (Å²) in [5.41, 5.74) is 0. The highest BCUT2D eigenvalue weighted by atomic mass is 15.2. The summed E-state index contributed by atoms with van der Waals surface area (Å²) in [5.74, 6) is 2.49. The van der Waals surface area contributed by atoms with Crippen molar-refractivity contribution in [1.29, 1.82) is 0 Å². The van der Waals surface area contributed by atoms with Gasteiger partial charge >= 0.3 is 0 Å². The van der Waals surface area contributed by atoms with Crippen LogP contribution in [0.1, 0.15) is 33.6 Å². The lowest BCUT2D eigenvalue weighted by molar-refractivity contribution is 0.198. The van der Waals surface area contributed by atoms with E-state index in [2.05, 4.69) is 46.7 Å². The molecule has 1 N–H and O–H groups in total. The van der Waals surface area contributed by atoms with Crippen molar-refractivity contribution in [1.82, 2.24) is 14.5 Å². The standard InChI is InChI=1S/C15H28N4/c1-4-18-8-5-14(6-9-18)11-17-15-16-7-10-19(15)12-13(2)3/h7,10,13-14H,4-6,8-9,11-12H2,1-3H3,(H,16,17). The van der Waals surface area contributed by atoms with Gasteiger partial charge in [0.2, 0.25) is 5.95 Å². The molecule has 0 spiro atoms. The minimum atomic E-state index is 0.655. The Bertz CT molecular complexity index is 364. The zero-order valence-corrected chi connectivity index (χ0v) is 12.6. The SMILES string of the molecule is CCN1CCC(CNc2nccn2CC(C)C)CC1. The lowest BCUT2D eigenvalue weighted by atomic mass is 9.97. The molecule has 0 unspecified atom stereocenters. The third-order valence-corrected chi connectivity index (χ3v) is 3.98. The van der Waals surface area contributed by atoms with E-state index < -0.39 is 0 Å². The van der Waals surface area contributed by atoms with Gasteiger partial charge in [0.05, 0.1) is 0 Å². The van der Waals surface area contributed by atoms with Crippen LogP contribution in [0.15, 0.2) is 12.4 Å². The molecule has 0 radical (unpaired) electrons. The van der Waals surface area contributed by atoms with Crippen molar-refractivity contribution in [3.05, 3.63) is 12.4 Å². The number of likely N-dealkylation sites (tertiary alicyclic amines) is 1. The van der Waals surface area contributed by atoms with Crippen LogP contribution in [0.4, 0.5) is 5.95 Å². The van der Waals surface area contributed by atoms with Crippen LogP contribution in [-0.2, 0) is 6.54 Å². The highest BCUT2D eigenvalue weighted by Crippen LogP contribution is 2.18. The molecule has 1 saturated heterocycles. The molecule has 0 saturated carbocycles. The fraction of sp³-hybridized carbons (Fsp3) is 0.800. The van der Waals surface area contributed by atoms with E-state index in [9.17, 15) is 0 Å². The maximum absolute atomic E-state index is 4.43. The number of rotatable bonds is 6. The average Bonchev–Trinajstić information content (AvgIpc) is 2.83. The topological polar surface area (TPSA) is 33.1 Å². The molecule has 2 rings (SSSR count). The maximum Gasteiger partial charge on any atom is 0.202 e. The summed E-state index contributed by atoms with van der Waals surface area (Å²) in [4.78, 5) is 6.96. The fourth-order valence-corrected chi connectivity index (χ4v) is 2.76. The molecule has 4 nitrogen and oxygen atoms in total. The van der Waals surface area contributed by atoms with Crippen molar-refractivity contribution < 1.29 is 0 Å². The van der Waals surface area contributed by atoms with Gasteiger partial charge < -0.3 is 14.8 Å². The highest BCUT2D eigenvalue weighted by molar-refractivity contribution is 5.25. The molecular weight excluding hydrogens is 236 g/mol. The summed E-state index contributed by atoms with van der Waals surface area (Å²) in [6, 6.07) is 0. The van der Waals surface area contributed by atoms with E-state index in [1.54, 1.807) is 0 Å². The van der Waals surface area contributed by atoms with E-state index in [1.807, 2.05) is 6.20 Å². The van der Waals surface area contributed by atoms with Crippen molar-refractivity contribution in [2.45, 2.75) is 40.2 Å². The van der Waals surface area contributed by atoms with Gasteiger partial charge in [0.15, 0.2) is 0 Å². The predicted molar refractivity (Wildman–Crippen MR) is 80.4 cm³/mol. The Morgan fingerprint density at radius 1 is 1.37 bits per heavy atom. The molecule has 1 aliphatic heterocycles. The molecule has 1 fully saturated rings. The molecule has 0 atom stereocenters. The van der Waals surface area contributed by atoms with Gasteiger partial charge in [-0.05, 0) is 44.3 Å². The first-order chi connectivity index (χ1) is 9.19. The number of hydrogen-bond acceptors (Lipinski definition) is 3. The van der Waals surface area contributed by atoms with Crippen LogP contribution in [0.2, 0.25) is 0 Å². The summed E-state index contributed by atoms with van der Waals surface area (Å²) in [7, 11) is 0. The first-order valence-corrected chi connectivity index (χ1v) is 7.66. The van der Waals surface area contributed by atoms with Crippen LogP contribution in [0, 0.1) is 11.8 Å². The van der Waals surface area contributed by atoms with Gasteiger partial charge in [-0.1, -0.05) is 20.8 Å². The Kier molecular flexibility index (Phi) is 5.25. The predicted octanol–water partition coefficient (Wildman–Crippen LogP) is 2.68. The van der Waals surface area contributed by atoms with E-state index in [0.29, 0.717) is 5.92 Å². The average molecular weight is 264 g/mol. The molecule has 0 aliphatic carbocycles. The third-order valence-electron chi connectivity index (χ3n) is 3.98. The molecule has 1 aromatic rings. The van der Waals surface area contributed by atoms with Crippen molar-refractivity contribution in [2.75, 3.05) is 31.5 Å². The summed E-state index contributed by atoms with van der Waals surface area (Å²) >= 11 is 0. The second kappa shape index (κ2) is 6.94. The molecule has 4 heteroatoms. The maximum atomic E-state index is 4.43. The summed E-state index contributed by atoms with van der Waals surface area (Å²) in [5, 5.41) is 3.53. The minimum absolute atomic E-state index is 0.655. The van der Waals surface area contributed by atoms with Crippen LogP contribution < -0.4 is 5.32 Å². The number of piperidine rings is 1. The van der Waals surface area contributed by atoms with E-state index in [-0.39, 0.29) is 0 Å². The molecular formula is C15H28N4. The molecule has 1 aliphatic rings. The molecule has 0 aromatic carbocycles. The number of aromatic nitrogens is 2. The smallest absolute Gasteiger partial charge is 0.202 e. The largest absolute Gasteiger partial charge is 0.355 e. The van der Waals surface area contributed by atoms with Crippen molar-refractivity contribution >= 4 is 5.95 Å². The minimum Gasteiger partial charge on any atom is -0.355 e. The first kappa shape index (κ1) is 14.4. The van der Waals surface area contributed by atoms with Crippen molar-refractivity contribution in [3.63, 3.8) is 0 Å². The van der Waals surface area contributed by atoms with Crippen molar-refractivity contribution in [2.24, 2.45) is 11.8 Å². The third kappa shape index (κ3) is 4.23. The van der Waals surface area contributed by atoms with E-state index >= 15 is 0 Å². The van der Waals surface area contributed by atoms with Gasteiger partial charge in [-0.25, -0.2) is 4.98 Å². The molecule has 0 bridgehead atoms. The zero-order chi connectivity index (χ0) is 13.7. The number of imidazole rings is 1. The van der Waals surface area contributed by atoms with E-state index in [0.717, 1.165) is 25.0 Å². The Hall–Kier alpha value is -1.03. The van der Waals surface area contributed by atoms with Crippen LogP contribution in [0.25, 0.3) is 0 Å². The quantitative estimate of drug-likeness (QED) is 0.857. The second-order valence-electron chi connectivity index (χ2n) is 6.06.